The third-order valence-corrected chi connectivity index (χ3v) is 4.49. The van der Waals surface area contributed by atoms with Crippen LogP contribution in [0.2, 0.25) is 0 Å². The number of nitrogens with one attached hydrogen (secondary N) is 1. The molecule has 2 fully saturated rings. The number of carbonyl (C=O) groups excluding carboxylic acids is 2. The number of hydrogen-bond acceptors (Lipinski definition) is 4. The van der Waals surface area contributed by atoms with Gasteiger partial charge in [0.1, 0.15) is 0 Å². The SMILES string of the molecule is Cn1ccc(NC(=O)C(=O)N2CCC[C@H](N3CCCC3)C2)n1. The van der Waals surface area contributed by atoms with Crippen molar-refractivity contribution in [3.8, 4) is 0 Å². The molecule has 2 aliphatic rings. The number of likely N-dealkylation sites (tertiary alicyclic amines) is 2. The molecule has 1 aromatic rings. The molecule has 1 atom stereocenters. The van der Waals surface area contributed by atoms with Crippen molar-refractivity contribution in [2.24, 2.45) is 7.05 Å². The number of anilines is 1. The van der Waals surface area contributed by atoms with Crippen LogP contribution in [0.4, 0.5) is 5.82 Å². The summed E-state index contributed by atoms with van der Waals surface area (Å²) in [7, 11) is 1.77. The maximum Gasteiger partial charge on any atom is 0.315 e. The fourth-order valence-electron chi connectivity index (χ4n) is 3.34. The van der Waals surface area contributed by atoms with Crippen molar-refractivity contribution in [3.05, 3.63) is 12.3 Å². The number of aryl methyl sites for hydroxylation is 1. The first kappa shape index (κ1) is 15.0. The Labute approximate surface area is 130 Å². The summed E-state index contributed by atoms with van der Waals surface area (Å²) >= 11 is 0. The molecule has 7 nitrogen and oxygen atoms in total. The van der Waals surface area contributed by atoms with E-state index in [1.54, 1.807) is 28.9 Å². The molecule has 2 aliphatic heterocycles. The van der Waals surface area contributed by atoms with Gasteiger partial charge in [0, 0.05) is 38.4 Å². The molecule has 0 saturated carbocycles. The maximum absolute atomic E-state index is 12.3. The molecule has 2 amide bonds. The van der Waals surface area contributed by atoms with Crippen LogP contribution in [0.25, 0.3) is 0 Å². The van der Waals surface area contributed by atoms with E-state index in [4.69, 9.17) is 0 Å². The fourth-order valence-corrected chi connectivity index (χ4v) is 3.34. The molecule has 0 aliphatic carbocycles. The zero-order chi connectivity index (χ0) is 15.5. The van der Waals surface area contributed by atoms with Gasteiger partial charge in [0.25, 0.3) is 0 Å². The molecule has 0 spiro atoms. The Hall–Kier alpha value is -1.89. The molecule has 0 unspecified atom stereocenters. The van der Waals surface area contributed by atoms with Crippen molar-refractivity contribution in [1.29, 1.82) is 0 Å². The summed E-state index contributed by atoms with van der Waals surface area (Å²) in [6, 6.07) is 2.08. The number of rotatable bonds is 2. The monoisotopic (exact) mass is 305 g/mol. The van der Waals surface area contributed by atoms with Crippen LogP contribution in [0.15, 0.2) is 12.3 Å². The first-order chi connectivity index (χ1) is 10.6. The third kappa shape index (κ3) is 3.30. The van der Waals surface area contributed by atoms with Crippen LogP contribution < -0.4 is 5.32 Å². The van der Waals surface area contributed by atoms with E-state index in [1.807, 2.05) is 0 Å². The van der Waals surface area contributed by atoms with Gasteiger partial charge in [0.05, 0.1) is 0 Å². The van der Waals surface area contributed by atoms with Crippen molar-refractivity contribution in [2.75, 3.05) is 31.5 Å². The van der Waals surface area contributed by atoms with Crippen LogP contribution in [0, 0.1) is 0 Å². The van der Waals surface area contributed by atoms with Gasteiger partial charge in [-0.15, -0.1) is 0 Å². The molecule has 3 rings (SSSR count). The molecular weight excluding hydrogens is 282 g/mol. The van der Waals surface area contributed by atoms with Gasteiger partial charge in [-0.3, -0.25) is 19.2 Å². The number of carbonyl (C=O) groups is 2. The van der Waals surface area contributed by atoms with Crippen LogP contribution >= 0.6 is 0 Å². The number of aromatic nitrogens is 2. The van der Waals surface area contributed by atoms with Crippen LogP contribution in [-0.2, 0) is 16.6 Å². The van der Waals surface area contributed by atoms with Gasteiger partial charge in [0.2, 0.25) is 0 Å². The second-order valence-electron chi connectivity index (χ2n) is 6.12. The Morgan fingerprint density at radius 3 is 2.68 bits per heavy atom. The summed E-state index contributed by atoms with van der Waals surface area (Å²) in [6.07, 6.45) is 6.29. The molecular formula is C15H23N5O2. The predicted molar refractivity (Wildman–Crippen MR) is 82.2 cm³/mol. The minimum atomic E-state index is -0.597. The van der Waals surface area contributed by atoms with Crippen molar-refractivity contribution < 1.29 is 9.59 Å². The number of amides is 2. The first-order valence-corrected chi connectivity index (χ1v) is 7.97. The Morgan fingerprint density at radius 2 is 2.00 bits per heavy atom. The number of piperidine rings is 1. The molecule has 7 heteroatoms. The van der Waals surface area contributed by atoms with Crippen molar-refractivity contribution in [1.82, 2.24) is 19.6 Å². The van der Waals surface area contributed by atoms with Gasteiger partial charge in [-0.2, -0.15) is 5.10 Å². The highest BCUT2D eigenvalue weighted by molar-refractivity contribution is 6.39. The molecule has 1 aromatic heterocycles. The van der Waals surface area contributed by atoms with Crippen LogP contribution in [-0.4, -0.2) is 63.6 Å². The van der Waals surface area contributed by atoms with E-state index in [-0.39, 0.29) is 0 Å². The van der Waals surface area contributed by atoms with Crippen molar-refractivity contribution in [3.63, 3.8) is 0 Å². The Bertz CT molecular complexity index is 550. The van der Waals surface area contributed by atoms with Gasteiger partial charge < -0.3 is 10.2 Å². The summed E-state index contributed by atoms with van der Waals surface area (Å²) in [4.78, 5) is 28.6. The number of nitrogens with zero attached hydrogens (tertiary/aromatic N) is 4. The molecule has 3 heterocycles. The molecule has 0 bridgehead atoms. The minimum absolute atomic E-state index is 0.405. The average molecular weight is 305 g/mol. The fraction of sp³-hybridized carbons (Fsp3) is 0.667. The minimum Gasteiger partial charge on any atom is -0.333 e. The van der Waals surface area contributed by atoms with E-state index < -0.39 is 11.8 Å². The zero-order valence-corrected chi connectivity index (χ0v) is 13.0. The van der Waals surface area contributed by atoms with Gasteiger partial charge in [-0.1, -0.05) is 0 Å². The van der Waals surface area contributed by atoms with E-state index in [1.165, 1.54) is 12.8 Å². The lowest BCUT2D eigenvalue weighted by Gasteiger charge is -2.37. The largest absolute Gasteiger partial charge is 0.333 e. The third-order valence-electron chi connectivity index (χ3n) is 4.49. The summed E-state index contributed by atoms with van der Waals surface area (Å²) < 4.78 is 1.59. The van der Waals surface area contributed by atoms with Gasteiger partial charge in [-0.05, 0) is 38.8 Å². The summed E-state index contributed by atoms with van der Waals surface area (Å²) in [5.41, 5.74) is 0. The second kappa shape index (κ2) is 6.48. The highest BCUT2D eigenvalue weighted by Gasteiger charge is 2.31. The van der Waals surface area contributed by atoms with E-state index in [0.717, 1.165) is 25.9 Å². The van der Waals surface area contributed by atoms with Gasteiger partial charge in [0.15, 0.2) is 5.82 Å². The molecule has 0 aromatic carbocycles. The lowest BCUT2D eigenvalue weighted by Crippen LogP contribution is -2.51. The normalized spacial score (nSPS) is 22.8. The highest BCUT2D eigenvalue weighted by Crippen LogP contribution is 2.20. The van der Waals surface area contributed by atoms with E-state index in [9.17, 15) is 9.59 Å². The Balaban J connectivity index is 1.57. The van der Waals surface area contributed by atoms with Crippen molar-refractivity contribution in [2.45, 2.75) is 31.7 Å². The molecule has 120 valence electrons. The van der Waals surface area contributed by atoms with Crippen LogP contribution in [0.1, 0.15) is 25.7 Å². The second-order valence-corrected chi connectivity index (χ2v) is 6.12. The summed E-state index contributed by atoms with van der Waals surface area (Å²) in [5.74, 6) is -0.635. The topological polar surface area (TPSA) is 70.5 Å². The predicted octanol–water partition coefficient (Wildman–Crippen LogP) is 0.445. The maximum atomic E-state index is 12.3. The van der Waals surface area contributed by atoms with Crippen LogP contribution in [0.5, 0.6) is 0 Å². The standard InChI is InChI=1S/C15H23N5O2/c1-18-10-6-13(17-18)16-14(21)15(22)20-9-4-5-12(11-20)19-7-2-3-8-19/h6,10,12H,2-5,7-9,11H2,1H3,(H,16,17,21)/t12-/m0/s1. The van der Waals surface area contributed by atoms with Gasteiger partial charge >= 0.3 is 11.8 Å². The Kier molecular flexibility index (Phi) is 4.42. The van der Waals surface area contributed by atoms with E-state index in [2.05, 4.69) is 15.3 Å². The molecule has 0 radical (unpaired) electrons. The smallest absolute Gasteiger partial charge is 0.315 e. The lowest BCUT2D eigenvalue weighted by atomic mass is 10.0. The molecule has 1 N–H and O–H groups in total. The quantitative estimate of drug-likeness (QED) is 0.805. The molecule has 2 saturated heterocycles. The molecule has 22 heavy (non-hydrogen) atoms. The Morgan fingerprint density at radius 1 is 1.23 bits per heavy atom. The summed E-state index contributed by atoms with van der Waals surface area (Å²) in [6.45, 7) is 3.56. The van der Waals surface area contributed by atoms with E-state index in [0.29, 0.717) is 24.9 Å². The van der Waals surface area contributed by atoms with Gasteiger partial charge in [-0.25, -0.2) is 0 Å². The highest BCUT2D eigenvalue weighted by atomic mass is 16.2. The first-order valence-electron chi connectivity index (χ1n) is 7.97. The van der Waals surface area contributed by atoms with Crippen LogP contribution in [0.3, 0.4) is 0 Å². The average Bonchev–Trinajstić information content (AvgIpc) is 3.18. The summed E-state index contributed by atoms with van der Waals surface area (Å²) in [5, 5.41) is 6.63. The van der Waals surface area contributed by atoms with E-state index >= 15 is 0 Å². The van der Waals surface area contributed by atoms with Crippen molar-refractivity contribution >= 4 is 17.6 Å². The lowest BCUT2D eigenvalue weighted by molar-refractivity contribution is -0.144. The zero-order valence-electron chi connectivity index (χ0n) is 13.0. The number of hydrogen-bond donors (Lipinski definition) is 1.